The van der Waals surface area contributed by atoms with Crippen molar-refractivity contribution < 1.29 is 19.1 Å². The molecule has 2 bridgehead atoms. The number of nitrogens with zero attached hydrogens (tertiary/aromatic N) is 1. The molecular formula is C31H27Br2NO4. The van der Waals surface area contributed by atoms with E-state index in [9.17, 15) is 14.4 Å². The maximum atomic E-state index is 14.2. The van der Waals surface area contributed by atoms with E-state index >= 15 is 0 Å². The summed E-state index contributed by atoms with van der Waals surface area (Å²) in [6.07, 6.45) is 4.04. The summed E-state index contributed by atoms with van der Waals surface area (Å²) in [4.78, 5) is 42.4. The van der Waals surface area contributed by atoms with Gasteiger partial charge in [-0.3, -0.25) is 9.59 Å². The summed E-state index contributed by atoms with van der Waals surface area (Å²) in [5.74, 6) is -2.33. The van der Waals surface area contributed by atoms with Crippen molar-refractivity contribution in [3.05, 3.63) is 101 Å². The number of anilines is 1. The first-order valence-electron chi connectivity index (χ1n) is 13.1. The highest BCUT2D eigenvalue weighted by atomic mass is 79.9. The molecule has 3 aliphatic carbocycles. The molecule has 1 aliphatic heterocycles. The molecule has 0 unspecified atom stereocenters. The number of imide groups is 1. The van der Waals surface area contributed by atoms with Crippen LogP contribution in [0.1, 0.15) is 65.2 Å². The molecule has 7 heteroatoms. The van der Waals surface area contributed by atoms with Gasteiger partial charge in [-0.05, 0) is 46.9 Å². The van der Waals surface area contributed by atoms with Crippen molar-refractivity contribution in [3.63, 3.8) is 0 Å². The number of hydrogen-bond acceptors (Lipinski definition) is 4. The van der Waals surface area contributed by atoms with Crippen LogP contribution >= 0.6 is 31.9 Å². The molecule has 7 rings (SSSR count). The van der Waals surface area contributed by atoms with Gasteiger partial charge in [0.2, 0.25) is 11.8 Å². The van der Waals surface area contributed by atoms with Crippen LogP contribution < -0.4 is 4.90 Å². The number of carbonyl (C=O) groups is 3. The average Bonchev–Trinajstić information content (AvgIpc) is 3.22. The first kappa shape index (κ1) is 25.5. The predicted octanol–water partition coefficient (Wildman–Crippen LogP) is 6.83. The highest BCUT2D eigenvalue weighted by molar-refractivity contribution is 9.10. The monoisotopic (exact) mass is 635 g/mol. The van der Waals surface area contributed by atoms with Gasteiger partial charge in [-0.2, -0.15) is 0 Å². The molecule has 3 aromatic carbocycles. The van der Waals surface area contributed by atoms with Crippen LogP contribution in [-0.4, -0.2) is 24.4 Å². The Morgan fingerprint density at radius 2 is 1.32 bits per heavy atom. The predicted molar refractivity (Wildman–Crippen MR) is 153 cm³/mol. The number of alkyl halides is 2. The maximum Gasteiger partial charge on any atom is 0.338 e. The summed E-state index contributed by atoms with van der Waals surface area (Å²) in [7, 11) is 0. The Morgan fingerprint density at radius 3 is 1.82 bits per heavy atom. The summed E-state index contributed by atoms with van der Waals surface area (Å²) in [5.41, 5.74) is 4.65. The minimum Gasteiger partial charge on any atom is -0.462 e. The van der Waals surface area contributed by atoms with Crippen molar-refractivity contribution in [1.29, 1.82) is 0 Å². The first-order chi connectivity index (χ1) is 18.3. The van der Waals surface area contributed by atoms with E-state index in [1.54, 1.807) is 24.3 Å². The Kier molecular flexibility index (Phi) is 6.35. The second kappa shape index (κ2) is 9.45. The number of carbonyl (C=O) groups excluding carboxylic acids is 3. The largest absolute Gasteiger partial charge is 0.462 e. The van der Waals surface area contributed by atoms with Gasteiger partial charge in [-0.1, -0.05) is 113 Å². The van der Waals surface area contributed by atoms with E-state index in [0.717, 1.165) is 47.9 Å². The fraction of sp³-hybridized carbons (Fsp3) is 0.323. The molecular weight excluding hydrogens is 610 g/mol. The van der Waals surface area contributed by atoms with Crippen molar-refractivity contribution in [2.75, 3.05) is 11.5 Å². The number of hydrogen-bond donors (Lipinski definition) is 0. The zero-order valence-corrected chi connectivity index (χ0v) is 24.1. The van der Waals surface area contributed by atoms with Crippen LogP contribution in [0.2, 0.25) is 0 Å². The fourth-order valence-corrected chi connectivity index (χ4v) is 8.77. The number of esters is 1. The van der Waals surface area contributed by atoms with Crippen LogP contribution in [-0.2, 0) is 23.0 Å². The summed E-state index contributed by atoms with van der Waals surface area (Å²) in [5, 5.41) is 0. The van der Waals surface area contributed by atoms with Gasteiger partial charge in [0.15, 0.2) is 0 Å². The van der Waals surface area contributed by atoms with Crippen LogP contribution in [0.5, 0.6) is 0 Å². The molecule has 0 N–H and O–H groups in total. The van der Waals surface area contributed by atoms with Crippen molar-refractivity contribution >= 4 is 55.3 Å². The van der Waals surface area contributed by atoms with E-state index in [2.05, 4.69) is 38.8 Å². The second-order valence-electron chi connectivity index (χ2n) is 10.2. The van der Waals surface area contributed by atoms with Gasteiger partial charge >= 0.3 is 5.97 Å². The Bertz CT molecular complexity index is 1350. The third-order valence-electron chi connectivity index (χ3n) is 8.16. The van der Waals surface area contributed by atoms with Crippen molar-refractivity contribution in [3.8, 4) is 0 Å². The SMILES string of the molecule is CCCCCCOC(=O)c1cccc(N2C(=O)[C@@H]3[C@@H](C2=O)C2(Br)c4ccccc4C3(Br)c3ccccc32)c1. The number of amides is 2. The zero-order valence-electron chi connectivity index (χ0n) is 21.0. The Morgan fingerprint density at radius 1 is 0.789 bits per heavy atom. The Balaban J connectivity index is 1.39. The van der Waals surface area contributed by atoms with Crippen LogP contribution in [0.3, 0.4) is 0 Å². The van der Waals surface area contributed by atoms with E-state index in [1.165, 1.54) is 4.90 Å². The number of ether oxygens (including phenoxy) is 1. The average molecular weight is 637 g/mol. The van der Waals surface area contributed by atoms with E-state index in [1.807, 2.05) is 48.5 Å². The normalized spacial score (nSPS) is 26.7. The molecule has 194 valence electrons. The standard InChI is InChI=1S/C31H27Br2NO4/c1-2-3-4-9-17-38-29(37)19-11-10-12-20(18-19)34-27(35)25-26(28(34)36)31(33)22-14-6-5-13-21(22)30(25,32)23-15-7-8-16-24(23)31/h5-8,10-16,18,25-26H,2-4,9,17H2,1H3/t25-,26-,30?,31?/m0/s1. The first-order valence-corrected chi connectivity index (χ1v) is 14.7. The van der Waals surface area contributed by atoms with Gasteiger partial charge in [0.05, 0.1) is 38.3 Å². The van der Waals surface area contributed by atoms with E-state index < -0.39 is 26.5 Å². The second-order valence-corrected chi connectivity index (χ2v) is 12.7. The molecule has 2 atom stereocenters. The molecule has 1 fully saturated rings. The van der Waals surface area contributed by atoms with Crippen LogP contribution in [0.25, 0.3) is 0 Å². The molecule has 5 nitrogen and oxygen atoms in total. The summed E-state index contributed by atoms with van der Waals surface area (Å²) < 4.78 is 3.76. The van der Waals surface area contributed by atoms with Gasteiger partial charge < -0.3 is 4.74 Å². The summed E-state index contributed by atoms with van der Waals surface area (Å²) in [6, 6.07) is 22.6. The highest BCUT2D eigenvalue weighted by Gasteiger charge is 2.72. The quantitative estimate of drug-likeness (QED) is 0.123. The minimum atomic E-state index is -0.850. The van der Waals surface area contributed by atoms with Gasteiger partial charge in [-0.25, -0.2) is 9.69 Å². The molecule has 0 aromatic heterocycles. The smallest absolute Gasteiger partial charge is 0.338 e. The minimum absolute atomic E-state index is 0.283. The van der Waals surface area contributed by atoms with Crippen LogP contribution in [0.4, 0.5) is 5.69 Å². The molecule has 4 aliphatic rings. The molecule has 38 heavy (non-hydrogen) atoms. The topological polar surface area (TPSA) is 63.7 Å². The lowest BCUT2D eigenvalue weighted by molar-refractivity contribution is -0.122. The third kappa shape index (κ3) is 3.44. The molecule has 3 aromatic rings. The van der Waals surface area contributed by atoms with Crippen molar-refractivity contribution in [2.24, 2.45) is 11.8 Å². The van der Waals surface area contributed by atoms with Gasteiger partial charge in [0, 0.05) is 0 Å². The molecule has 0 spiro atoms. The van der Waals surface area contributed by atoms with E-state index in [0.29, 0.717) is 17.9 Å². The molecule has 1 heterocycles. The summed E-state index contributed by atoms with van der Waals surface area (Å²) in [6.45, 7) is 2.48. The van der Waals surface area contributed by atoms with Crippen LogP contribution in [0, 0.1) is 11.8 Å². The Hall–Kier alpha value is -2.77. The van der Waals surface area contributed by atoms with Gasteiger partial charge in [0.25, 0.3) is 0 Å². The Labute approximate surface area is 238 Å². The highest BCUT2D eigenvalue weighted by Crippen LogP contribution is 2.70. The molecule has 2 amide bonds. The number of unbranched alkanes of at least 4 members (excludes halogenated alkanes) is 3. The van der Waals surface area contributed by atoms with Gasteiger partial charge in [-0.15, -0.1) is 0 Å². The van der Waals surface area contributed by atoms with E-state index in [4.69, 9.17) is 4.74 Å². The zero-order chi connectivity index (χ0) is 26.7. The lowest BCUT2D eigenvalue weighted by Crippen LogP contribution is -2.56. The summed E-state index contributed by atoms with van der Waals surface area (Å²) >= 11 is 8.04. The van der Waals surface area contributed by atoms with Crippen molar-refractivity contribution in [1.82, 2.24) is 0 Å². The maximum absolute atomic E-state index is 14.2. The molecule has 0 saturated carbocycles. The number of rotatable bonds is 7. The third-order valence-corrected chi connectivity index (χ3v) is 10.9. The van der Waals surface area contributed by atoms with Crippen molar-refractivity contribution in [2.45, 2.75) is 41.3 Å². The number of halogens is 2. The fourth-order valence-electron chi connectivity index (χ4n) is 6.47. The molecule has 0 radical (unpaired) electrons. The molecule has 1 saturated heterocycles. The van der Waals surface area contributed by atoms with Gasteiger partial charge in [0.1, 0.15) is 0 Å². The van der Waals surface area contributed by atoms with E-state index in [-0.39, 0.29) is 11.8 Å². The number of benzene rings is 3. The lowest BCUT2D eigenvalue weighted by atomic mass is 9.54. The van der Waals surface area contributed by atoms with Crippen LogP contribution in [0.15, 0.2) is 72.8 Å². The lowest BCUT2D eigenvalue weighted by Gasteiger charge is -2.55.